The van der Waals surface area contributed by atoms with Crippen LogP contribution in [0.2, 0.25) is 0 Å². The molecule has 5 nitrogen and oxygen atoms in total. The Bertz CT molecular complexity index is 580. The van der Waals surface area contributed by atoms with Gasteiger partial charge in [-0.3, -0.25) is 0 Å². The van der Waals surface area contributed by atoms with Crippen LogP contribution in [0.25, 0.3) is 10.9 Å². The number of nitrogen functional groups attached to an aromatic ring is 1. The molecule has 0 atom stereocenters. The van der Waals surface area contributed by atoms with Gasteiger partial charge in [-0.1, -0.05) is 0 Å². The number of rotatable bonds is 4. The summed E-state index contributed by atoms with van der Waals surface area (Å²) in [5.74, 6) is 0.805. The van der Waals surface area contributed by atoms with Gasteiger partial charge in [0.25, 0.3) is 0 Å². The fraction of sp³-hybridized carbons (Fsp3) is 0.385. The van der Waals surface area contributed by atoms with Crippen LogP contribution in [0.3, 0.4) is 0 Å². The molecule has 1 aromatic heterocycles. The van der Waals surface area contributed by atoms with Crippen LogP contribution in [-0.2, 0) is 0 Å². The zero-order valence-corrected chi connectivity index (χ0v) is 10.1. The molecule has 2 aromatic rings. The van der Waals surface area contributed by atoms with E-state index in [1.165, 1.54) is 6.33 Å². The third kappa shape index (κ3) is 1.97. The number of benzene rings is 1. The number of anilines is 2. The average Bonchev–Trinajstić information content (AvgIpc) is 3.16. The van der Waals surface area contributed by atoms with Crippen molar-refractivity contribution < 1.29 is 5.11 Å². The lowest BCUT2D eigenvalue weighted by molar-refractivity contribution is 0.219. The van der Waals surface area contributed by atoms with E-state index in [9.17, 15) is 5.11 Å². The van der Waals surface area contributed by atoms with Gasteiger partial charge in [0.1, 0.15) is 12.1 Å². The number of aromatic nitrogens is 2. The highest BCUT2D eigenvalue weighted by molar-refractivity contribution is 5.90. The van der Waals surface area contributed by atoms with Crippen LogP contribution in [0.15, 0.2) is 24.5 Å². The van der Waals surface area contributed by atoms with Gasteiger partial charge in [0.2, 0.25) is 0 Å². The molecular weight excluding hydrogens is 228 g/mol. The maximum Gasteiger partial charge on any atom is 0.137 e. The fourth-order valence-corrected chi connectivity index (χ4v) is 2.05. The molecule has 1 saturated carbocycles. The van der Waals surface area contributed by atoms with E-state index >= 15 is 0 Å². The Balaban J connectivity index is 1.87. The van der Waals surface area contributed by atoms with E-state index in [0.717, 1.165) is 36.1 Å². The predicted molar refractivity (Wildman–Crippen MR) is 71.2 cm³/mol. The number of aliphatic hydroxyl groups is 1. The van der Waals surface area contributed by atoms with Crippen molar-refractivity contribution >= 4 is 22.4 Å². The molecule has 18 heavy (non-hydrogen) atoms. The Hall–Kier alpha value is -1.88. The second-order valence-electron chi connectivity index (χ2n) is 5.01. The van der Waals surface area contributed by atoms with Gasteiger partial charge in [-0.05, 0) is 31.0 Å². The smallest absolute Gasteiger partial charge is 0.137 e. The largest absolute Gasteiger partial charge is 0.399 e. The summed E-state index contributed by atoms with van der Waals surface area (Å²) in [6, 6.07) is 5.60. The normalized spacial score (nSPS) is 16.7. The molecule has 1 aliphatic carbocycles. The van der Waals surface area contributed by atoms with Crippen LogP contribution in [0.1, 0.15) is 12.8 Å². The van der Waals surface area contributed by atoms with Crippen LogP contribution in [0, 0.1) is 5.41 Å². The summed E-state index contributed by atoms with van der Waals surface area (Å²) in [4.78, 5) is 8.46. The summed E-state index contributed by atoms with van der Waals surface area (Å²) < 4.78 is 0. The number of nitrogens with one attached hydrogen (secondary N) is 1. The molecule has 1 fully saturated rings. The lowest BCUT2D eigenvalue weighted by Crippen LogP contribution is -2.19. The highest BCUT2D eigenvalue weighted by Crippen LogP contribution is 2.45. The SMILES string of the molecule is Nc1ccc2c(NCC3(CO)CC3)ncnc2c1. The van der Waals surface area contributed by atoms with Gasteiger partial charge < -0.3 is 16.2 Å². The molecule has 0 spiro atoms. The second kappa shape index (κ2) is 4.10. The quantitative estimate of drug-likeness (QED) is 0.708. The van der Waals surface area contributed by atoms with Crippen molar-refractivity contribution in [1.29, 1.82) is 0 Å². The van der Waals surface area contributed by atoms with Crippen molar-refractivity contribution in [2.75, 3.05) is 24.2 Å². The molecule has 3 rings (SSSR count). The lowest BCUT2D eigenvalue weighted by atomic mass is 10.1. The molecule has 94 valence electrons. The van der Waals surface area contributed by atoms with E-state index in [-0.39, 0.29) is 12.0 Å². The number of hydrogen-bond acceptors (Lipinski definition) is 5. The molecule has 0 saturated heterocycles. The number of nitrogens with two attached hydrogens (primary N) is 1. The van der Waals surface area contributed by atoms with Crippen molar-refractivity contribution in [1.82, 2.24) is 9.97 Å². The first-order valence-electron chi connectivity index (χ1n) is 6.07. The fourth-order valence-electron chi connectivity index (χ4n) is 2.05. The van der Waals surface area contributed by atoms with E-state index in [1.54, 1.807) is 0 Å². The average molecular weight is 244 g/mol. The zero-order chi connectivity index (χ0) is 12.6. The van der Waals surface area contributed by atoms with Gasteiger partial charge in [-0.25, -0.2) is 9.97 Å². The van der Waals surface area contributed by atoms with E-state index in [4.69, 9.17) is 5.73 Å². The molecule has 0 bridgehead atoms. The van der Waals surface area contributed by atoms with E-state index in [2.05, 4.69) is 15.3 Å². The van der Waals surface area contributed by atoms with E-state index in [0.29, 0.717) is 5.69 Å². The third-order valence-corrected chi connectivity index (χ3v) is 3.58. The minimum Gasteiger partial charge on any atom is -0.399 e. The van der Waals surface area contributed by atoms with Crippen molar-refractivity contribution in [2.45, 2.75) is 12.8 Å². The third-order valence-electron chi connectivity index (χ3n) is 3.58. The number of fused-ring (bicyclic) bond motifs is 1. The first kappa shape index (κ1) is 11.2. The molecule has 0 unspecified atom stereocenters. The Labute approximate surface area is 105 Å². The Kier molecular flexibility index (Phi) is 2.56. The van der Waals surface area contributed by atoms with Gasteiger partial charge in [-0.2, -0.15) is 0 Å². The summed E-state index contributed by atoms with van der Waals surface area (Å²) in [5.41, 5.74) is 7.33. The molecule has 1 aromatic carbocycles. The Morgan fingerprint density at radius 2 is 2.17 bits per heavy atom. The van der Waals surface area contributed by atoms with Gasteiger partial charge in [0, 0.05) is 23.0 Å². The topological polar surface area (TPSA) is 84.1 Å². The van der Waals surface area contributed by atoms with E-state index < -0.39 is 0 Å². The maximum atomic E-state index is 9.29. The standard InChI is InChI=1S/C13H16N4O/c14-9-1-2-10-11(5-9)16-8-17-12(10)15-6-13(7-18)3-4-13/h1-2,5,8,18H,3-4,6-7,14H2,(H,15,16,17). The van der Waals surface area contributed by atoms with Gasteiger partial charge in [0.15, 0.2) is 0 Å². The first-order chi connectivity index (χ1) is 8.72. The van der Waals surface area contributed by atoms with Gasteiger partial charge in [-0.15, -0.1) is 0 Å². The zero-order valence-electron chi connectivity index (χ0n) is 10.1. The van der Waals surface area contributed by atoms with Crippen molar-refractivity contribution in [3.05, 3.63) is 24.5 Å². The highest BCUT2D eigenvalue weighted by Gasteiger charge is 2.41. The number of nitrogens with zero attached hydrogens (tertiary/aromatic N) is 2. The minimum atomic E-state index is 0.0606. The molecule has 5 heteroatoms. The van der Waals surface area contributed by atoms with Crippen molar-refractivity contribution in [2.24, 2.45) is 5.41 Å². The van der Waals surface area contributed by atoms with Crippen LogP contribution in [0.4, 0.5) is 11.5 Å². The summed E-state index contributed by atoms with van der Waals surface area (Å²) in [6.45, 7) is 0.982. The second-order valence-corrected chi connectivity index (χ2v) is 5.01. The molecule has 1 aliphatic rings. The molecule has 0 amide bonds. The Morgan fingerprint density at radius 3 is 2.89 bits per heavy atom. The highest BCUT2D eigenvalue weighted by atomic mass is 16.3. The number of hydrogen-bond donors (Lipinski definition) is 3. The van der Waals surface area contributed by atoms with Crippen LogP contribution in [0.5, 0.6) is 0 Å². The van der Waals surface area contributed by atoms with Gasteiger partial charge in [0.05, 0.1) is 12.1 Å². The van der Waals surface area contributed by atoms with Crippen LogP contribution >= 0.6 is 0 Å². The summed E-state index contributed by atoms with van der Waals surface area (Å²) in [6.07, 6.45) is 3.68. The molecule has 0 radical (unpaired) electrons. The van der Waals surface area contributed by atoms with Crippen molar-refractivity contribution in [3.8, 4) is 0 Å². The summed E-state index contributed by atoms with van der Waals surface area (Å²) >= 11 is 0. The molecule has 0 aliphatic heterocycles. The monoisotopic (exact) mass is 244 g/mol. The Morgan fingerprint density at radius 1 is 1.33 bits per heavy atom. The minimum absolute atomic E-state index is 0.0606. The van der Waals surface area contributed by atoms with Crippen LogP contribution < -0.4 is 11.1 Å². The molecule has 1 heterocycles. The van der Waals surface area contributed by atoms with Gasteiger partial charge >= 0.3 is 0 Å². The van der Waals surface area contributed by atoms with E-state index in [1.807, 2.05) is 18.2 Å². The van der Waals surface area contributed by atoms with Crippen molar-refractivity contribution in [3.63, 3.8) is 0 Å². The molecule has 4 N–H and O–H groups in total. The number of aliphatic hydroxyl groups excluding tert-OH is 1. The maximum absolute atomic E-state index is 9.29. The van der Waals surface area contributed by atoms with Crippen LogP contribution in [-0.4, -0.2) is 28.2 Å². The lowest BCUT2D eigenvalue weighted by Gasteiger charge is -2.14. The molecular formula is C13H16N4O. The predicted octanol–water partition coefficient (Wildman–Crippen LogP) is 1.40. The summed E-state index contributed by atoms with van der Waals surface area (Å²) in [5, 5.41) is 13.6. The summed E-state index contributed by atoms with van der Waals surface area (Å²) in [7, 11) is 0. The first-order valence-corrected chi connectivity index (χ1v) is 6.07.